The highest BCUT2D eigenvalue weighted by atomic mass is 32.2. The molecule has 2 amide bonds. The predicted molar refractivity (Wildman–Crippen MR) is 151 cm³/mol. The van der Waals surface area contributed by atoms with Crippen LogP contribution in [0.5, 0.6) is 5.75 Å². The number of esters is 2. The van der Waals surface area contributed by atoms with E-state index in [-0.39, 0.29) is 30.5 Å². The molecule has 2 aliphatic heterocycles. The third-order valence-electron chi connectivity index (χ3n) is 6.58. The van der Waals surface area contributed by atoms with Crippen LogP contribution < -0.4 is 10.1 Å². The van der Waals surface area contributed by atoms with E-state index in [2.05, 4.69) is 5.32 Å². The van der Waals surface area contributed by atoms with Gasteiger partial charge in [0.15, 0.2) is 0 Å². The number of ether oxygens (including phenoxy) is 3. The Labute approximate surface area is 239 Å². The third kappa shape index (κ3) is 5.61. The maximum atomic E-state index is 13.5. The van der Waals surface area contributed by atoms with Crippen LogP contribution in [0.4, 0.5) is 0 Å². The van der Waals surface area contributed by atoms with Gasteiger partial charge in [-0.1, -0.05) is 30.3 Å². The fourth-order valence-corrected chi connectivity index (χ4v) is 6.57. The van der Waals surface area contributed by atoms with Crippen LogP contribution in [0, 0.1) is 0 Å². The fraction of sp³-hybridized carbons (Fsp3) is 0.241. The first kappa shape index (κ1) is 27.5. The highest BCUT2D eigenvalue weighted by Crippen LogP contribution is 2.43. The second-order valence-corrected chi connectivity index (χ2v) is 11.2. The van der Waals surface area contributed by atoms with Gasteiger partial charge in [-0.2, -0.15) is 0 Å². The summed E-state index contributed by atoms with van der Waals surface area (Å²) in [4.78, 5) is 53.7. The standard InChI is InChI=1S/C29H26N2O7S2/c1-36-20-11-5-17(6-12-20)15-38-29(35)25-22(18-7-9-19(10-8-18)28(34)37-2)16-40-27-24(26(33)31(25)27)30-23(32)14-21-4-3-13-39-21/h3-13,24,27H,14-16H2,1-2H3,(H,30,32)/t24-,27+/m1/s1. The van der Waals surface area contributed by atoms with Crippen molar-refractivity contribution in [3.05, 3.63) is 93.3 Å². The molecule has 0 saturated carbocycles. The van der Waals surface area contributed by atoms with Crippen molar-refractivity contribution < 1.29 is 33.4 Å². The maximum absolute atomic E-state index is 13.5. The van der Waals surface area contributed by atoms with Crippen LogP contribution >= 0.6 is 23.1 Å². The van der Waals surface area contributed by atoms with Crippen LogP contribution in [-0.2, 0) is 36.9 Å². The number of thiophene rings is 1. The van der Waals surface area contributed by atoms with E-state index in [1.807, 2.05) is 17.5 Å². The van der Waals surface area contributed by atoms with E-state index < -0.39 is 23.4 Å². The van der Waals surface area contributed by atoms with Crippen molar-refractivity contribution in [3.8, 4) is 5.75 Å². The Morgan fingerprint density at radius 3 is 2.40 bits per heavy atom. The van der Waals surface area contributed by atoms with Gasteiger partial charge in [-0.25, -0.2) is 9.59 Å². The number of carbonyl (C=O) groups excluding carboxylic acids is 4. The number of hydrogen-bond donors (Lipinski definition) is 1. The van der Waals surface area contributed by atoms with E-state index in [4.69, 9.17) is 14.2 Å². The summed E-state index contributed by atoms with van der Waals surface area (Å²) >= 11 is 2.93. The summed E-state index contributed by atoms with van der Waals surface area (Å²) in [5, 5.41) is 4.28. The van der Waals surface area contributed by atoms with Crippen molar-refractivity contribution in [2.24, 2.45) is 0 Å². The Morgan fingerprint density at radius 1 is 1.00 bits per heavy atom. The first-order valence-electron chi connectivity index (χ1n) is 12.4. The lowest BCUT2D eigenvalue weighted by Crippen LogP contribution is -2.70. The summed E-state index contributed by atoms with van der Waals surface area (Å²) in [6.07, 6.45) is 0.184. The van der Waals surface area contributed by atoms with Gasteiger partial charge in [-0.15, -0.1) is 23.1 Å². The van der Waals surface area contributed by atoms with Gasteiger partial charge in [0.25, 0.3) is 5.91 Å². The lowest BCUT2D eigenvalue weighted by molar-refractivity contribution is -0.153. The van der Waals surface area contributed by atoms with Gasteiger partial charge in [-0.3, -0.25) is 14.5 Å². The fourth-order valence-electron chi connectivity index (χ4n) is 4.49. The third-order valence-corrected chi connectivity index (χ3v) is 8.73. The summed E-state index contributed by atoms with van der Waals surface area (Å²) in [5.74, 6) is -0.673. The maximum Gasteiger partial charge on any atom is 0.355 e. The average molecular weight is 579 g/mol. The molecule has 2 aromatic carbocycles. The number of methoxy groups -OCH3 is 2. The van der Waals surface area contributed by atoms with Gasteiger partial charge in [0, 0.05) is 16.2 Å². The minimum Gasteiger partial charge on any atom is -0.497 e. The number of fused-ring (bicyclic) bond motifs is 1. The van der Waals surface area contributed by atoms with Gasteiger partial charge in [0.1, 0.15) is 29.5 Å². The number of nitrogens with zero attached hydrogens (tertiary/aromatic N) is 1. The normalized spacial score (nSPS) is 17.9. The van der Waals surface area contributed by atoms with Crippen molar-refractivity contribution in [1.82, 2.24) is 10.2 Å². The first-order chi connectivity index (χ1) is 19.4. The summed E-state index contributed by atoms with van der Waals surface area (Å²) in [7, 11) is 2.87. The highest BCUT2D eigenvalue weighted by Gasteiger charge is 2.54. The monoisotopic (exact) mass is 578 g/mol. The Kier molecular flexibility index (Phi) is 8.22. The van der Waals surface area contributed by atoms with Crippen molar-refractivity contribution in [1.29, 1.82) is 0 Å². The van der Waals surface area contributed by atoms with Crippen molar-refractivity contribution >= 4 is 52.4 Å². The predicted octanol–water partition coefficient (Wildman–Crippen LogP) is 3.64. The van der Waals surface area contributed by atoms with Crippen LogP contribution in [0.15, 0.2) is 71.7 Å². The molecule has 206 valence electrons. The van der Waals surface area contributed by atoms with Crippen LogP contribution in [0.3, 0.4) is 0 Å². The first-order valence-corrected chi connectivity index (χ1v) is 14.3. The second-order valence-electron chi connectivity index (χ2n) is 9.03. The Morgan fingerprint density at radius 2 is 1.75 bits per heavy atom. The molecule has 3 heterocycles. The molecule has 0 unspecified atom stereocenters. The summed E-state index contributed by atoms with van der Waals surface area (Å²) in [6, 6.07) is 16.8. The quantitative estimate of drug-likeness (QED) is 0.303. The largest absolute Gasteiger partial charge is 0.497 e. The SMILES string of the molecule is COC(=O)c1ccc(C2=C(C(=O)OCc3ccc(OC)cc3)N3C(=O)[C@@H](NC(=O)Cc4cccs4)[C@@H]3SC2)cc1. The molecule has 1 saturated heterocycles. The summed E-state index contributed by atoms with van der Waals surface area (Å²) in [5.41, 5.74) is 2.54. The molecule has 1 aromatic heterocycles. The van der Waals surface area contributed by atoms with Gasteiger partial charge in [-0.05, 0) is 46.8 Å². The zero-order valence-electron chi connectivity index (χ0n) is 21.7. The molecule has 40 heavy (non-hydrogen) atoms. The molecule has 2 aliphatic rings. The van der Waals surface area contributed by atoms with E-state index in [1.54, 1.807) is 55.6 Å². The molecule has 3 aromatic rings. The van der Waals surface area contributed by atoms with Crippen LogP contribution in [0.25, 0.3) is 5.57 Å². The van der Waals surface area contributed by atoms with Crippen molar-refractivity contribution in [2.45, 2.75) is 24.4 Å². The summed E-state index contributed by atoms with van der Waals surface area (Å²) in [6.45, 7) is 0.00169. The van der Waals surface area contributed by atoms with E-state index in [0.717, 1.165) is 10.4 Å². The minimum absolute atomic E-state index is 0.00169. The zero-order valence-corrected chi connectivity index (χ0v) is 23.4. The molecular weight excluding hydrogens is 552 g/mol. The number of carbonyl (C=O) groups is 4. The topological polar surface area (TPSA) is 111 Å². The molecule has 1 N–H and O–H groups in total. The van der Waals surface area contributed by atoms with E-state index in [0.29, 0.717) is 28.2 Å². The molecule has 1 fully saturated rings. The number of rotatable bonds is 9. The minimum atomic E-state index is -0.745. The Hall–Kier alpha value is -4.09. The van der Waals surface area contributed by atoms with Crippen LogP contribution in [0.2, 0.25) is 0 Å². The average Bonchev–Trinajstić information content (AvgIpc) is 3.50. The molecule has 0 radical (unpaired) electrons. The van der Waals surface area contributed by atoms with Gasteiger partial charge >= 0.3 is 11.9 Å². The number of hydrogen-bond acceptors (Lipinski definition) is 9. The second kappa shape index (κ2) is 12.0. The van der Waals surface area contributed by atoms with Gasteiger partial charge in [0.2, 0.25) is 5.91 Å². The smallest absolute Gasteiger partial charge is 0.355 e. The van der Waals surface area contributed by atoms with E-state index >= 15 is 0 Å². The molecular formula is C29H26N2O7S2. The lowest BCUT2D eigenvalue weighted by Gasteiger charge is -2.49. The number of benzene rings is 2. The Balaban J connectivity index is 1.39. The summed E-state index contributed by atoms with van der Waals surface area (Å²) < 4.78 is 15.6. The molecule has 11 heteroatoms. The Bertz CT molecular complexity index is 1450. The zero-order chi connectivity index (χ0) is 28.2. The number of thioether (sulfide) groups is 1. The van der Waals surface area contributed by atoms with Gasteiger partial charge in [0.05, 0.1) is 26.2 Å². The molecule has 0 aliphatic carbocycles. The van der Waals surface area contributed by atoms with Gasteiger partial charge < -0.3 is 19.5 Å². The van der Waals surface area contributed by atoms with Crippen molar-refractivity contribution in [3.63, 3.8) is 0 Å². The van der Waals surface area contributed by atoms with Crippen LogP contribution in [-0.4, -0.2) is 60.0 Å². The van der Waals surface area contributed by atoms with Crippen LogP contribution in [0.1, 0.15) is 26.4 Å². The number of β-lactam (4-membered cyclic amide) rings is 1. The lowest BCUT2D eigenvalue weighted by atomic mass is 9.98. The number of nitrogens with one attached hydrogen (secondary N) is 1. The molecule has 0 bridgehead atoms. The molecule has 2 atom stereocenters. The molecule has 9 nitrogen and oxygen atoms in total. The van der Waals surface area contributed by atoms with E-state index in [9.17, 15) is 19.2 Å². The molecule has 5 rings (SSSR count). The highest BCUT2D eigenvalue weighted by molar-refractivity contribution is 8.00. The number of amides is 2. The van der Waals surface area contributed by atoms with E-state index in [1.165, 1.54) is 35.1 Å². The molecule has 0 spiro atoms. The van der Waals surface area contributed by atoms with Crippen molar-refractivity contribution in [2.75, 3.05) is 20.0 Å².